The molecule has 1 heterocycles. The fourth-order valence-corrected chi connectivity index (χ4v) is 1.66. The molecule has 2 rings (SSSR count). The summed E-state index contributed by atoms with van der Waals surface area (Å²) in [5.41, 5.74) is 7.71. The van der Waals surface area contributed by atoms with Gasteiger partial charge in [0.1, 0.15) is 5.69 Å². The van der Waals surface area contributed by atoms with Crippen LogP contribution in [-0.2, 0) is 4.79 Å². The number of nitrogens with two attached hydrogens (primary N) is 1. The number of aromatic nitrogens is 1. The van der Waals surface area contributed by atoms with Crippen molar-refractivity contribution in [1.29, 1.82) is 0 Å². The van der Waals surface area contributed by atoms with E-state index in [1.165, 1.54) is 13.2 Å². The standard InChI is InChI=1S/C15H15N3O2/c1-20-15-13(6-3-9-17-15)18-14(19)8-7-11-4-2-5-12(16)10-11/h2-10H,16H2,1H3,(H,18,19)/b8-7+. The first-order valence-corrected chi connectivity index (χ1v) is 6.02. The van der Waals surface area contributed by atoms with E-state index >= 15 is 0 Å². The molecule has 0 saturated heterocycles. The van der Waals surface area contributed by atoms with Gasteiger partial charge >= 0.3 is 0 Å². The van der Waals surface area contributed by atoms with Crippen LogP contribution in [0.2, 0.25) is 0 Å². The summed E-state index contributed by atoms with van der Waals surface area (Å²) in [6.07, 6.45) is 4.72. The number of pyridine rings is 1. The molecule has 1 amide bonds. The van der Waals surface area contributed by atoms with Gasteiger partial charge in [-0.15, -0.1) is 0 Å². The summed E-state index contributed by atoms with van der Waals surface area (Å²) in [5, 5.41) is 2.70. The molecule has 0 fully saturated rings. The lowest BCUT2D eigenvalue weighted by Gasteiger charge is -2.06. The van der Waals surface area contributed by atoms with Crippen molar-refractivity contribution < 1.29 is 9.53 Å². The van der Waals surface area contributed by atoms with Crippen LogP contribution in [0.4, 0.5) is 11.4 Å². The number of nitrogens with zero attached hydrogens (tertiary/aromatic N) is 1. The number of benzene rings is 1. The molecule has 0 aliphatic rings. The third kappa shape index (κ3) is 3.58. The number of anilines is 2. The summed E-state index contributed by atoms with van der Waals surface area (Å²) in [7, 11) is 1.50. The molecule has 0 bridgehead atoms. The Labute approximate surface area is 117 Å². The van der Waals surface area contributed by atoms with Crippen molar-refractivity contribution in [3.63, 3.8) is 0 Å². The zero-order valence-corrected chi connectivity index (χ0v) is 11.0. The van der Waals surface area contributed by atoms with Crippen molar-refractivity contribution in [2.75, 3.05) is 18.2 Å². The molecule has 3 N–H and O–H groups in total. The second kappa shape index (κ2) is 6.38. The maximum atomic E-state index is 11.8. The van der Waals surface area contributed by atoms with Crippen LogP contribution in [0.1, 0.15) is 5.56 Å². The Morgan fingerprint density at radius 3 is 2.95 bits per heavy atom. The minimum Gasteiger partial charge on any atom is -0.480 e. The molecule has 5 heteroatoms. The first kappa shape index (κ1) is 13.6. The largest absolute Gasteiger partial charge is 0.480 e. The SMILES string of the molecule is COc1ncccc1NC(=O)/C=C/c1cccc(N)c1. The van der Waals surface area contributed by atoms with Gasteiger partial charge in [0.2, 0.25) is 11.8 Å². The Balaban J connectivity index is 2.06. The van der Waals surface area contributed by atoms with E-state index in [2.05, 4.69) is 10.3 Å². The zero-order valence-electron chi connectivity index (χ0n) is 11.0. The second-order valence-electron chi connectivity index (χ2n) is 4.05. The van der Waals surface area contributed by atoms with Gasteiger partial charge in [0.15, 0.2) is 0 Å². The highest BCUT2D eigenvalue weighted by Gasteiger charge is 2.05. The van der Waals surface area contributed by atoms with Crippen LogP contribution < -0.4 is 15.8 Å². The van der Waals surface area contributed by atoms with Crippen molar-refractivity contribution in [2.24, 2.45) is 0 Å². The average molecular weight is 269 g/mol. The van der Waals surface area contributed by atoms with Crippen LogP contribution in [0.3, 0.4) is 0 Å². The van der Waals surface area contributed by atoms with E-state index in [1.54, 1.807) is 36.5 Å². The molecule has 5 nitrogen and oxygen atoms in total. The maximum absolute atomic E-state index is 11.8. The highest BCUT2D eigenvalue weighted by atomic mass is 16.5. The van der Waals surface area contributed by atoms with Gasteiger partial charge in [-0.3, -0.25) is 4.79 Å². The molecule has 0 aliphatic carbocycles. The maximum Gasteiger partial charge on any atom is 0.248 e. The first-order chi connectivity index (χ1) is 9.69. The minimum absolute atomic E-state index is 0.265. The molecular formula is C15H15N3O2. The summed E-state index contributed by atoms with van der Waals surface area (Å²) in [6.45, 7) is 0. The van der Waals surface area contributed by atoms with Gasteiger partial charge in [-0.1, -0.05) is 12.1 Å². The quantitative estimate of drug-likeness (QED) is 0.659. The molecule has 0 spiro atoms. The molecule has 1 aromatic carbocycles. The monoisotopic (exact) mass is 269 g/mol. The fourth-order valence-electron chi connectivity index (χ4n) is 1.66. The normalized spacial score (nSPS) is 10.4. The van der Waals surface area contributed by atoms with Gasteiger partial charge in [0.05, 0.1) is 7.11 Å². The van der Waals surface area contributed by atoms with Crippen molar-refractivity contribution in [3.8, 4) is 5.88 Å². The van der Waals surface area contributed by atoms with Crippen LogP contribution in [0.15, 0.2) is 48.7 Å². The minimum atomic E-state index is -0.265. The Kier molecular flexibility index (Phi) is 4.34. The van der Waals surface area contributed by atoms with Crippen molar-refractivity contribution in [3.05, 3.63) is 54.2 Å². The number of nitrogens with one attached hydrogen (secondary N) is 1. The third-order valence-electron chi connectivity index (χ3n) is 2.56. The van der Waals surface area contributed by atoms with E-state index in [1.807, 2.05) is 12.1 Å². The number of carbonyl (C=O) groups is 1. The third-order valence-corrected chi connectivity index (χ3v) is 2.56. The molecule has 0 saturated carbocycles. The van der Waals surface area contributed by atoms with Crippen LogP contribution in [0.5, 0.6) is 5.88 Å². The second-order valence-corrected chi connectivity index (χ2v) is 4.05. The van der Waals surface area contributed by atoms with Crippen molar-refractivity contribution in [1.82, 2.24) is 4.98 Å². The Morgan fingerprint density at radius 2 is 2.20 bits per heavy atom. The number of ether oxygens (including phenoxy) is 1. The highest BCUT2D eigenvalue weighted by Crippen LogP contribution is 2.19. The molecule has 0 aliphatic heterocycles. The molecule has 20 heavy (non-hydrogen) atoms. The lowest BCUT2D eigenvalue weighted by molar-refractivity contribution is -0.111. The summed E-state index contributed by atoms with van der Waals surface area (Å²) in [6, 6.07) is 10.7. The fraction of sp³-hybridized carbons (Fsp3) is 0.0667. The first-order valence-electron chi connectivity index (χ1n) is 6.02. The Bertz CT molecular complexity index is 639. The van der Waals surface area contributed by atoms with Gasteiger partial charge in [0, 0.05) is 18.0 Å². The Hall–Kier alpha value is -2.82. The summed E-state index contributed by atoms with van der Waals surface area (Å²) < 4.78 is 5.06. The van der Waals surface area contributed by atoms with Crippen molar-refractivity contribution in [2.45, 2.75) is 0 Å². The number of amides is 1. The van der Waals surface area contributed by atoms with E-state index in [4.69, 9.17) is 10.5 Å². The average Bonchev–Trinajstić information content (AvgIpc) is 2.46. The summed E-state index contributed by atoms with van der Waals surface area (Å²) >= 11 is 0. The molecule has 0 unspecified atom stereocenters. The number of carbonyl (C=O) groups excluding carboxylic acids is 1. The topological polar surface area (TPSA) is 77.2 Å². The Morgan fingerprint density at radius 1 is 1.35 bits per heavy atom. The lowest BCUT2D eigenvalue weighted by Crippen LogP contribution is -2.09. The number of hydrogen-bond acceptors (Lipinski definition) is 4. The van der Waals surface area contributed by atoms with Crippen LogP contribution in [-0.4, -0.2) is 18.0 Å². The smallest absolute Gasteiger partial charge is 0.248 e. The number of nitrogen functional groups attached to an aromatic ring is 1. The van der Waals surface area contributed by atoms with Gasteiger partial charge < -0.3 is 15.8 Å². The summed E-state index contributed by atoms with van der Waals surface area (Å²) in [4.78, 5) is 15.8. The van der Waals surface area contributed by atoms with Crippen LogP contribution in [0, 0.1) is 0 Å². The van der Waals surface area contributed by atoms with E-state index in [-0.39, 0.29) is 5.91 Å². The van der Waals surface area contributed by atoms with Crippen molar-refractivity contribution >= 4 is 23.4 Å². The molecule has 1 aromatic heterocycles. The van der Waals surface area contributed by atoms with Gasteiger partial charge in [-0.25, -0.2) is 4.98 Å². The van der Waals surface area contributed by atoms with E-state index < -0.39 is 0 Å². The van der Waals surface area contributed by atoms with Crippen LogP contribution >= 0.6 is 0 Å². The lowest BCUT2D eigenvalue weighted by atomic mass is 10.2. The predicted molar refractivity (Wildman–Crippen MR) is 79.3 cm³/mol. The predicted octanol–water partition coefficient (Wildman–Crippen LogP) is 2.32. The molecule has 0 radical (unpaired) electrons. The zero-order chi connectivity index (χ0) is 14.4. The summed E-state index contributed by atoms with van der Waals surface area (Å²) in [5.74, 6) is 0.108. The number of rotatable bonds is 4. The molecule has 0 atom stereocenters. The highest BCUT2D eigenvalue weighted by molar-refractivity contribution is 6.02. The number of methoxy groups -OCH3 is 1. The van der Waals surface area contributed by atoms with E-state index in [0.29, 0.717) is 17.3 Å². The number of hydrogen-bond donors (Lipinski definition) is 2. The molecule has 2 aromatic rings. The van der Waals surface area contributed by atoms with Gasteiger partial charge in [-0.05, 0) is 35.9 Å². The van der Waals surface area contributed by atoms with Crippen LogP contribution in [0.25, 0.3) is 6.08 Å². The molecule has 102 valence electrons. The van der Waals surface area contributed by atoms with E-state index in [0.717, 1.165) is 5.56 Å². The molecular weight excluding hydrogens is 254 g/mol. The van der Waals surface area contributed by atoms with Gasteiger partial charge in [-0.2, -0.15) is 0 Å². The van der Waals surface area contributed by atoms with E-state index in [9.17, 15) is 4.79 Å². The van der Waals surface area contributed by atoms with Gasteiger partial charge in [0.25, 0.3) is 0 Å².